The van der Waals surface area contributed by atoms with Gasteiger partial charge in [-0.15, -0.1) is 0 Å². The highest BCUT2D eigenvalue weighted by Gasteiger charge is 2.28. The van der Waals surface area contributed by atoms with E-state index in [-0.39, 0.29) is 5.97 Å². The molecule has 0 aliphatic rings. The summed E-state index contributed by atoms with van der Waals surface area (Å²) in [7, 11) is -3.04. The summed E-state index contributed by atoms with van der Waals surface area (Å²) >= 11 is 0. The maximum atomic E-state index is 11.8. The van der Waals surface area contributed by atoms with E-state index in [1.165, 1.54) is 11.1 Å². The van der Waals surface area contributed by atoms with Crippen molar-refractivity contribution in [1.29, 1.82) is 0 Å². The van der Waals surface area contributed by atoms with E-state index < -0.39 is 16.6 Å². The number of carbonyl (C=O) groups excluding carboxylic acids is 1. The number of allylic oxidation sites excluding steroid dienone is 3. The van der Waals surface area contributed by atoms with Crippen LogP contribution in [0.3, 0.4) is 0 Å². The van der Waals surface area contributed by atoms with Gasteiger partial charge in [-0.3, -0.25) is 4.79 Å². The number of hydrogen-bond acceptors (Lipinski definition) is 3. The molecule has 3 nitrogen and oxygen atoms in total. The van der Waals surface area contributed by atoms with Gasteiger partial charge in [0, 0.05) is 6.42 Å². The number of unbranched alkanes of at least 4 members (excludes halogenated alkanes) is 1. The van der Waals surface area contributed by atoms with Crippen LogP contribution in [0.4, 0.5) is 0 Å². The zero-order valence-corrected chi connectivity index (χ0v) is 19.8. The molecule has 0 saturated heterocycles. The number of carbonyl (C=O) groups is 1. The summed E-state index contributed by atoms with van der Waals surface area (Å²) < 4.78 is 11.6. The van der Waals surface area contributed by atoms with Crippen molar-refractivity contribution in [3.05, 3.63) is 23.3 Å². The molecule has 0 aromatic heterocycles. The fourth-order valence-electron chi connectivity index (χ4n) is 2.74. The van der Waals surface area contributed by atoms with E-state index >= 15 is 0 Å². The average molecular weight is 385 g/mol. The lowest BCUT2D eigenvalue weighted by Crippen LogP contribution is -2.42. The molecule has 0 fully saturated rings. The zero-order valence-electron chi connectivity index (χ0n) is 17.8. The van der Waals surface area contributed by atoms with Crippen molar-refractivity contribution in [2.75, 3.05) is 6.61 Å². The number of hydrogen-bond donors (Lipinski definition) is 0. The lowest BCUT2D eigenvalue weighted by molar-refractivity contribution is -0.142. The second kappa shape index (κ2) is 11.9. The maximum Gasteiger partial charge on any atom is 0.306 e. The van der Waals surface area contributed by atoms with Crippen LogP contribution < -0.4 is 0 Å². The Morgan fingerprint density at radius 1 is 0.920 bits per heavy atom. The highest BCUT2D eigenvalue weighted by atomic mass is 28.4. The van der Waals surface area contributed by atoms with Crippen molar-refractivity contribution in [3.8, 4) is 0 Å². The maximum absolute atomic E-state index is 11.8. The molecule has 0 aliphatic heterocycles. The van der Waals surface area contributed by atoms with E-state index in [1.807, 2.05) is 6.08 Å². The summed E-state index contributed by atoms with van der Waals surface area (Å²) in [6.45, 7) is 18.0. The van der Waals surface area contributed by atoms with Crippen LogP contribution in [0.1, 0.15) is 52.9 Å². The van der Waals surface area contributed by atoms with E-state index in [2.05, 4.69) is 59.6 Å². The van der Waals surface area contributed by atoms with Crippen molar-refractivity contribution in [3.63, 3.8) is 0 Å². The lowest BCUT2D eigenvalue weighted by atomic mass is 10.1. The minimum Gasteiger partial charge on any atom is -0.461 e. The summed E-state index contributed by atoms with van der Waals surface area (Å²) in [5.74, 6) is -0.0843. The topological polar surface area (TPSA) is 35.5 Å². The molecular formula is C20H40O3Si2. The van der Waals surface area contributed by atoms with Crippen LogP contribution in [0, 0.1) is 0 Å². The standard InChI is InChI=1S/C20H40O3Si2/c1-18(2)12-11-13-19(3)15-16-22-20(21)14-9-10-17-25(7,8)23-24(4,5)6/h12,15H,9-11,13-14,16-17H2,1-8H3. The monoisotopic (exact) mass is 384 g/mol. The molecular weight excluding hydrogens is 344 g/mol. The van der Waals surface area contributed by atoms with Crippen molar-refractivity contribution in [2.24, 2.45) is 0 Å². The second-order valence-corrected chi connectivity index (χ2v) is 17.8. The van der Waals surface area contributed by atoms with E-state index in [0.717, 1.165) is 31.7 Å². The fraction of sp³-hybridized carbons (Fsp3) is 0.750. The molecule has 0 saturated carbocycles. The largest absolute Gasteiger partial charge is 0.461 e. The fourth-order valence-corrected chi connectivity index (χ4v) is 10.9. The van der Waals surface area contributed by atoms with E-state index in [4.69, 9.17) is 8.85 Å². The van der Waals surface area contributed by atoms with Crippen LogP contribution in [0.25, 0.3) is 0 Å². The normalized spacial score (nSPS) is 12.9. The first-order valence-corrected chi connectivity index (χ1v) is 16.1. The van der Waals surface area contributed by atoms with Gasteiger partial charge >= 0.3 is 5.97 Å². The molecule has 0 N–H and O–H groups in total. The second-order valence-electron chi connectivity index (χ2n) is 8.73. The Balaban J connectivity index is 3.89. The van der Waals surface area contributed by atoms with Gasteiger partial charge in [0.1, 0.15) is 6.61 Å². The first-order chi connectivity index (χ1) is 11.4. The predicted octanol–water partition coefficient (Wildman–Crippen LogP) is 6.45. The van der Waals surface area contributed by atoms with Crippen LogP contribution in [0.2, 0.25) is 38.8 Å². The molecule has 146 valence electrons. The van der Waals surface area contributed by atoms with Gasteiger partial charge in [0.05, 0.1) is 0 Å². The smallest absolute Gasteiger partial charge is 0.306 e. The van der Waals surface area contributed by atoms with Gasteiger partial charge in [0.2, 0.25) is 0 Å². The highest BCUT2D eigenvalue weighted by molar-refractivity contribution is 6.84. The van der Waals surface area contributed by atoms with Gasteiger partial charge in [-0.05, 0) is 84.9 Å². The van der Waals surface area contributed by atoms with Gasteiger partial charge in [-0.1, -0.05) is 23.6 Å². The molecule has 0 aliphatic carbocycles. The molecule has 0 rings (SSSR count). The summed E-state index contributed by atoms with van der Waals surface area (Å²) in [5.41, 5.74) is 2.63. The lowest BCUT2D eigenvalue weighted by Gasteiger charge is -2.31. The van der Waals surface area contributed by atoms with Crippen molar-refractivity contribution in [1.82, 2.24) is 0 Å². The van der Waals surface area contributed by atoms with Crippen molar-refractivity contribution in [2.45, 2.75) is 91.7 Å². The quantitative estimate of drug-likeness (QED) is 0.168. The molecule has 0 bridgehead atoms. The Bertz CT molecular complexity index is 456. The molecule has 0 heterocycles. The molecule has 0 atom stereocenters. The third-order valence-corrected chi connectivity index (χ3v) is 9.98. The first kappa shape index (κ1) is 24.3. The van der Waals surface area contributed by atoms with Crippen molar-refractivity contribution < 1.29 is 13.6 Å². The van der Waals surface area contributed by atoms with Gasteiger partial charge in [-0.25, -0.2) is 0 Å². The minimum absolute atomic E-state index is 0.0843. The van der Waals surface area contributed by atoms with Gasteiger partial charge in [0.25, 0.3) is 0 Å². The Morgan fingerprint density at radius 3 is 2.12 bits per heavy atom. The molecule has 5 heteroatoms. The molecule has 0 unspecified atom stereocenters. The van der Waals surface area contributed by atoms with Crippen LogP contribution in [-0.2, 0) is 13.6 Å². The third-order valence-electron chi connectivity index (χ3n) is 3.76. The van der Waals surface area contributed by atoms with Crippen LogP contribution >= 0.6 is 0 Å². The van der Waals surface area contributed by atoms with E-state index in [0.29, 0.717) is 13.0 Å². The minimum atomic E-state index is -1.58. The number of esters is 1. The summed E-state index contributed by atoms with van der Waals surface area (Å²) in [5, 5.41) is 0. The van der Waals surface area contributed by atoms with Crippen LogP contribution in [0.15, 0.2) is 23.3 Å². The molecule has 0 radical (unpaired) electrons. The zero-order chi connectivity index (χ0) is 19.5. The number of ether oxygens (including phenoxy) is 1. The first-order valence-electron chi connectivity index (χ1n) is 9.56. The Morgan fingerprint density at radius 2 is 1.56 bits per heavy atom. The van der Waals surface area contributed by atoms with Crippen LogP contribution in [-0.4, -0.2) is 29.2 Å². The molecule has 0 spiro atoms. The summed E-state index contributed by atoms with van der Waals surface area (Å²) in [6, 6.07) is 1.12. The van der Waals surface area contributed by atoms with Gasteiger partial charge in [-0.2, -0.15) is 0 Å². The molecule has 25 heavy (non-hydrogen) atoms. The third kappa shape index (κ3) is 16.6. The highest BCUT2D eigenvalue weighted by Crippen LogP contribution is 2.21. The van der Waals surface area contributed by atoms with Crippen molar-refractivity contribution >= 4 is 22.6 Å². The van der Waals surface area contributed by atoms with Crippen LogP contribution in [0.5, 0.6) is 0 Å². The van der Waals surface area contributed by atoms with E-state index in [1.54, 1.807) is 0 Å². The predicted molar refractivity (Wildman–Crippen MR) is 114 cm³/mol. The van der Waals surface area contributed by atoms with Gasteiger partial charge < -0.3 is 8.85 Å². The molecule has 0 aromatic rings. The Labute approximate surface area is 158 Å². The Hall–Kier alpha value is -0.656. The molecule has 0 aromatic carbocycles. The van der Waals surface area contributed by atoms with Gasteiger partial charge in [0.15, 0.2) is 16.6 Å². The summed E-state index contributed by atoms with van der Waals surface area (Å²) in [4.78, 5) is 11.8. The number of rotatable bonds is 12. The van der Waals surface area contributed by atoms with E-state index in [9.17, 15) is 4.79 Å². The summed E-state index contributed by atoms with van der Waals surface area (Å²) in [6.07, 6.45) is 8.80. The Kier molecular flexibility index (Phi) is 11.6. The average Bonchev–Trinajstić information content (AvgIpc) is 2.40. The SMILES string of the molecule is CC(C)=CCCC(C)=CCOC(=O)CCCC[Si](C)(C)O[Si](C)(C)C. The molecule has 0 amide bonds.